The van der Waals surface area contributed by atoms with Crippen LogP contribution in [0.1, 0.15) is 17.4 Å². The van der Waals surface area contributed by atoms with E-state index in [1.807, 2.05) is 29.1 Å². The van der Waals surface area contributed by atoms with Crippen LogP contribution >= 0.6 is 11.3 Å². The monoisotopic (exact) mass is 296 g/mol. The zero-order chi connectivity index (χ0) is 14.9. The van der Waals surface area contributed by atoms with Crippen molar-refractivity contribution in [1.29, 1.82) is 0 Å². The highest BCUT2D eigenvalue weighted by Gasteiger charge is 2.03. The average Bonchev–Trinajstić information content (AvgIpc) is 3.17. The highest BCUT2D eigenvalue weighted by molar-refractivity contribution is 7.11. The second kappa shape index (κ2) is 8.47. The number of aryl methyl sites for hydroxylation is 2. The van der Waals surface area contributed by atoms with Crippen LogP contribution in [0.3, 0.4) is 0 Å². The molecule has 2 heterocycles. The van der Waals surface area contributed by atoms with Crippen molar-refractivity contribution in [2.75, 3.05) is 0 Å². The van der Waals surface area contributed by atoms with Gasteiger partial charge in [0.05, 0.1) is 6.33 Å². The SMILES string of the molecule is CCc1sccc1BCc1ccccc1.Cn1ccnc1. The Bertz CT molecular complexity index is 617. The smallest absolute Gasteiger partial charge is 0.163 e. The van der Waals surface area contributed by atoms with Gasteiger partial charge < -0.3 is 4.57 Å². The molecule has 0 bridgehead atoms. The van der Waals surface area contributed by atoms with E-state index in [1.54, 1.807) is 17.4 Å². The standard InChI is InChI=1S/C13H15BS.C4H6N2/c1-2-13-12(8-9-15-13)14-10-11-6-4-3-5-7-11;1-6-3-2-5-4-6/h3-9,14H,2,10H2,1H3;2-4H,1H3. The molecule has 0 aliphatic rings. The molecule has 0 N–H and O–H groups in total. The van der Waals surface area contributed by atoms with Gasteiger partial charge in [0.2, 0.25) is 0 Å². The number of hydrogen-bond acceptors (Lipinski definition) is 2. The van der Waals surface area contributed by atoms with E-state index in [0.717, 1.165) is 6.32 Å². The van der Waals surface area contributed by atoms with E-state index in [-0.39, 0.29) is 0 Å². The van der Waals surface area contributed by atoms with Gasteiger partial charge in [-0.25, -0.2) is 4.98 Å². The molecule has 0 atom stereocenters. The lowest BCUT2D eigenvalue weighted by molar-refractivity contribution is 0.913. The van der Waals surface area contributed by atoms with E-state index in [4.69, 9.17) is 0 Å². The molecule has 0 fully saturated rings. The number of rotatable bonds is 4. The number of thiophene rings is 1. The van der Waals surface area contributed by atoms with Gasteiger partial charge in [-0.3, -0.25) is 0 Å². The van der Waals surface area contributed by atoms with E-state index in [9.17, 15) is 0 Å². The van der Waals surface area contributed by atoms with Gasteiger partial charge in [-0.2, -0.15) is 0 Å². The fourth-order valence-corrected chi connectivity index (χ4v) is 3.03. The fourth-order valence-electron chi connectivity index (χ4n) is 2.15. The number of hydrogen-bond donors (Lipinski definition) is 0. The molecule has 108 valence electrons. The van der Waals surface area contributed by atoms with Gasteiger partial charge >= 0.3 is 0 Å². The summed E-state index contributed by atoms with van der Waals surface area (Å²) in [5, 5.41) is 2.21. The van der Waals surface area contributed by atoms with Crippen molar-refractivity contribution in [3.63, 3.8) is 0 Å². The first kappa shape index (κ1) is 15.6. The van der Waals surface area contributed by atoms with E-state index in [1.165, 1.54) is 24.7 Å². The Morgan fingerprint density at radius 2 is 2.00 bits per heavy atom. The Hall–Kier alpha value is -1.81. The molecule has 0 saturated heterocycles. The summed E-state index contributed by atoms with van der Waals surface area (Å²) in [7, 11) is 3.11. The molecule has 0 radical (unpaired) electrons. The van der Waals surface area contributed by atoms with Crippen LogP contribution in [0.25, 0.3) is 0 Å². The molecule has 3 rings (SSSR count). The van der Waals surface area contributed by atoms with Crippen molar-refractivity contribution in [1.82, 2.24) is 9.55 Å². The van der Waals surface area contributed by atoms with E-state index >= 15 is 0 Å². The molecule has 0 aliphatic heterocycles. The second-order valence-electron chi connectivity index (χ2n) is 4.94. The molecular weight excluding hydrogens is 275 g/mol. The fraction of sp³-hybridized carbons (Fsp3) is 0.235. The molecule has 0 amide bonds. The molecule has 2 nitrogen and oxygen atoms in total. The summed E-state index contributed by atoms with van der Waals surface area (Å²) < 4.78 is 1.89. The average molecular weight is 296 g/mol. The van der Waals surface area contributed by atoms with Crippen molar-refractivity contribution in [3.05, 3.63) is 70.9 Å². The van der Waals surface area contributed by atoms with Crippen molar-refractivity contribution in [2.45, 2.75) is 19.7 Å². The Morgan fingerprint density at radius 3 is 2.57 bits per heavy atom. The Labute approximate surface area is 131 Å². The molecule has 0 unspecified atom stereocenters. The van der Waals surface area contributed by atoms with Gasteiger partial charge in [0, 0.05) is 19.4 Å². The Morgan fingerprint density at radius 1 is 1.19 bits per heavy atom. The second-order valence-corrected chi connectivity index (χ2v) is 5.94. The molecule has 0 aliphatic carbocycles. The third-order valence-electron chi connectivity index (χ3n) is 3.32. The largest absolute Gasteiger partial charge is 0.341 e. The summed E-state index contributed by atoms with van der Waals surface area (Å²) in [5.74, 6) is 0. The summed E-state index contributed by atoms with van der Waals surface area (Å²) in [6.45, 7) is 2.23. The van der Waals surface area contributed by atoms with E-state index < -0.39 is 0 Å². The van der Waals surface area contributed by atoms with Crippen molar-refractivity contribution in [3.8, 4) is 0 Å². The molecule has 2 aromatic heterocycles. The van der Waals surface area contributed by atoms with Crippen LogP contribution in [0.4, 0.5) is 0 Å². The van der Waals surface area contributed by atoms with Gasteiger partial charge in [0.1, 0.15) is 0 Å². The van der Waals surface area contributed by atoms with Gasteiger partial charge in [0.15, 0.2) is 7.28 Å². The van der Waals surface area contributed by atoms with Crippen LogP contribution in [-0.4, -0.2) is 16.8 Å². The maximum Gasteiger partial charge on any atom is 0.163 e. The molecule has 3 aromatic rings. The van der Waals surface area contributed by atoms with Crippen molar-refractivity contribution >= 4 is 24.1 Å². The number of benzene rings is 1. The predicted octanol–water partition coefficient (Wildman–Crippen LogP) is 2.99. The zero-order valence-corrected chi connectivity index (χ0v) is 13.5. The number of imidazole rings is 1. The molecule has 4 heteroatoms. The quantitative estimate of drug-likeness (QED) is 0.677. The van der Waals surface area contributed by atoms with Gasteiger partial charge in [-0.15, -0.1) is 11.3 Å². The first-order valence-corrected chi connectivity index (χ1v) is 8.18. The van der Waals surface area contributed by atoms with Crippen LogP contribution in [0.15, 0.2) is 60.5 Å². The van der Waals surface area contributed by atoms with Gasteiger partial charge in [0.25, 0.3) is 0 Å². The minimum Gasteiger partial charge on any atom is -0.341 e. The van der Waals surface area contributed by atoms with Crippen molar-refractivity contribution < 1.29 is 0 Å². The van der Waals surface area contributed by atoms with Gasteiger partial charge in [-0.1, -0.05) is 54.3 Å². The molecule has 1 aromatic carbocycles. The number of aromatic nitrogens is 2. The maximum atomic E-state index is 3.78. The predicted molar refractivity (Wildman–Crippen MR) is 93.8 cm³/mol. The van der Waals surface area contributed by atoms with E-state index in [0.29, 0.717) is 0 Å². The summed E-state index contributed by atoms with van der Waals surface area (Å²) >= 11 is 1.88. The summed E-state index contributed by atoms with van der Waals surface area (Å²) in [4.78, 5) is 5.33. The van der Waals surface area contributed by atoms with Crippen LogP contribution in [0.5, 0.6) is 0 Å². The third-order valence-corrected chi connectivity index (χ3v) is 4.43. The summed E-state index contributed by atoms with van der Waals surface area (Å²) in [6.07, 6.45) is 7.71. The minimum absolute atomic E-state index is 1.16. The topological polar surface area (TPSA) is 17.8 Å². The summed E-state index contributed by atoms with van der Waals surface area (Å²) in [6, 6.07) is 13.0. The summed E-state index contributed by atoms with van der Waals surface area (Å²) in [5.41, 5.74) is 2.97. The zero-order valence-electron chi connectivity index (χ0n) is 12.7. The normalized spacial score (nSPS) is 9.81. The maximum absolute atomic E-state index is 3.78. The van der Waals surface area contributed by atoms with Crippen LogP contribution in [0.2, 0.25) is 0 Å². The van der Waals surface area contributed by atoms with Crippen LogP contribution in [0, 0.1) is 0 Å². The lowest BCUT2D eigenvalue weighted by Crippen LogP contribution is -2.17. The molecule has 21 heavy (non-hydrogen) atoms. The highest BCUT2D eigenvalue weighted by Crippen LogP contribution is 2.07. The van der Waals surface area contributed by atoms with Crippen LogP contribution in [-0.2, 0) is 19.8 Å². The lowest BCUT2D eigenvalue weighted by atomic mass is 9.65. The third kappa shape index (κ3) is 5.23. The molecule has 0 spiro atoms. The molecular formula is C17H21BN2S. The minimum atomic E-state index is 1.16. The Balaban J connectivity index is 0.000000225. The highest BCUT2D eigenvalue weighted by atomic mass is 32.1. The van der Waals surface area contributed by atoms with Crippen LogP contribution < -0.4 is 5.46 Å². The first-order valence-electron chi connectivity index (χ1n) is 7.30. The molecule has 0 saturated carbocycles. The number of nitrogens with zero attached hydrogens (tertiary/aromatic N) is 2. The van der Waals surface area contributed by atoms with Crippen molar-refractivity contribution in [2.24, 2.45) is 7.05 Å². The lowest BCUT2D eigenvalue weighted by Gasteiger charge is -2.00. The van der Waals surface area contributed by atoms with Gasteiger partial charge in [-0.05, 0) is 23.0 Å². The van der Waals surface area contributed by atoms with E-state index in [2.05, 4.69) is 53.7 Å². The first-order chi connectivity index (χ1) is 10.3. The Kier molecular flexibility index (Phi) is 6.29.